The summed E-state index contributed by atoms with van der Waals surface area (Å²) in [6.45, 7) is 6.13. The lowest BCUT2D eigenvalue weighted by atomic mass is 10.3. The standard InChI is InChI=1S/C13H13Cl2N3OS/c1-3-6-18-12(16-17-13(18)20)8(2)19-11-5-4-9(14)7-10(11)15/h3-5,7-8H,1,6H2,2H3,(H,17,20)/t8-/m0/s1. The van der Waals surface area contributed by atoms with E-state index in [0.29, 0.717) is 32.9 Å². The molecule has 0 radical (unpaired) electrons. The number of aromatic amines is 1. The van der Waals surface area contributed by atoms with E-state index in [9.17, 15) is 0 Å². The van der Waals surface area contributed by atoms with Crippen LogP contribution in [-0.4, -0.2) is 14.8 Å². The molecule has 0 bridgehead atoms. The molecule has 4 nitrogen and oxygen atoms in total. The molecule has 2 aromatic rings. The predicted octanol–water partition coefficient (Wildman–Crippen LogP) is 4.57. The highest BCUT2D eigenvalue weighted by atomic mass is 35.5. The Kier molecular flexibility index (Phi) is 4.86. The minimum Gasteiger partial charge on any atom is -0.481 e. The molecule has 0 saturated carbocycles. The van der Waals surface area contributed by atoms with Crippen molar-refractivity contribution in [1.29, 1.82) is 0 Å². The summed E-state index contributed by atoms with van der Waals surface area (Å²) in [5.41, 5.74) is 0. The van der Waals surface area contributed by atoms with E-state index in [4.69, 9.17) is 40.2 Å². The number of ether oxygens (including phenoxy) is 1. The van der Waals surface area contributed by atoms with Gasteiger partial charge in [-0.3, -0.25) is 9.67 Å². The van der Waals surface area contributed by atoms with E-state index in [1.807, 2.05) is 11.5 Å². The molecule has 0 saturated heterocycles. The van der Waals surface area contributed by atoms with Crippen LogP contribution in [0.3, 0.4) is 0 Å². The highest BCUT2D eigenvalue weighted by Gasteiger charge is 2.16. The molecule has 0 amide bonds. The van der Waals surface area contributed by atoms with Crippen molar-refractivity contribution < 1.29 is 4.74 Å². The number of nitrogens with zero attached hydrogens (tertiary/aromatic N) is 2. The highest BCUT2D eigenvalue weighted by Crippen LogP contribution is 2.30. The van der Waals surface area contributed by atoms with Gasteiger partial charge in [-0.1, -0.05) is 29.3 Å². The number of halogens is 2. The van der Waals surface area contributed by atoms with Crippen molar-refractivity contribution in [3.63, 3.8) is 0 Å². The minimum atomic E-state index is -0.318. The Labute approximate surface area is 132 Å². The van der Waals surface area contributed by atoms with Gasteiger partial charge in [0.25, 0.3) is 0 Å². The van der Waals surface area contributed by atoms with Gasteiger partial charge in [-0.2, -0.15) is 5.10 Å². The van der Waals surface area contributed by atoms with Crippen molar-refractivity contribution in [2.45, 2.75) is 19.6 Å². The Morgan fingerprint density at radius 1 is 1.55 bits per heavy atom. The predicted molar refractivity (Wildman–Crippen MR) is 83.1 cm³/mol. The molecule has 7 heteroatoms. The van der Waals surface area contributed by atoms with Gasteiger partial charge in [0, 0.05) is 11.6 Å². The van der Waals surface area contributed by atoms with Gasteiger partial charge in [-0.05, 0) is 37.3 Å². The number of nitrogens with one attached hydrogen (secondary N) is 1. The number of benzene rings is 1. The van der Waals surface area contributed by atoms with E-state index in [-0.39, 0.29) is 6.10 Å². The molecule has 1 heterocycles. The molecule has 0 unspecified atom stereocenters. The van der Waals surface area contributed by atoms with Crippen LogP contribution >= 0.6 is 35.4 Å². The van der Waals surface area contributed by atoms with Crippen molar-refractivity contribution in [3.05, 3.63) is 51.5 Å². The van der Waals surface area contributed by atoms with Crippen molar-refractivity contribution in [3.8, 4) is 5.75 Å². The third kappa shape index (κ3) is 3.23. The monoisotopic (exact) mass is 329 g/mol. The van der Waals surface area contributed by atoms with E-state index < -0.39 is 0 Å². The first-order valence-electron chi connectivity index (χ1n) is 5.90. The van der Waals surface area contributed by atoms with E-state index in [0.717, 1.165) is 0 Å². The molecule has 2 rings (SSSR count). The number of H-pyrrole nitrogens is 1. The minimum absolute atomic E-state index is 0.318. The molecule has 1 N–H and O–H groups in total. The lowest BCUT2D eigenvalue weighted by molar-refractivity contribution is 0.211. The van der Waals surface area contributed by atoms with E-state index in [1.54, 1.807) is 24.3 Å². The average Bonchev–Trinajstić information content (AvgIpc) is 2.75. The molecule has 106 valence electrons. The lowest BCUT2D eigenvalue weighted by Gasteiger charge is -2.15. The summed E-state index contributed by atoms with van der Waals surface area (Å²) in [6.07, 6.45) is 1.43. The number of hydrogen-bond donors (Lipinski definition) is 1. The number of aromatic nitrogens is 3. The molecule has 20 heavy (non-hydrogen) atoms. The highest BCUT2D eigenvalue weighted by molar-refractivity contribution is 7.71. The molecular weight excluding hydrogens is 317 g/mol. The van der Waals surface area contributed by atoms with Gasteiger partial charge in [0.1, 0.15) is 5.75 Å². The van der Waals surface area contributed by atoms with Gasteiger partial charge in [0.05, 0.1) is 5.02 Å². The summed E-state index contributed by atoms with van der Waals surface area (Å²) in [6, 6.07) is 5.07. The Morgan fingerprint density at radius 2 is 2.30 bits per heavy atom. The van der Waals surface area contributed by atoms with E-state index in [2.05, 4.69) is 16.8 Å². The number of hydrogen-bond acceptors (Lipinski definition) is 3. The molecule has 1 atom stereocenters. The summed E-state index contributed by atoms with van der Waals surface area (Å²) >= 11 is 17.1. The van der Waals surface area contributed by atoms with Crippen LogP contribution in [0.15, 0.2) is 30.9 Å². The zero-order valence-electron chi connectivity index (χ0n) is 10.8. The lowest BCUT2D eigenvalue weighted by Crippen LogP contribution is -2.11. The first-order valence-corrected chi connectivity index (χ1v) is 7.07. The van der Waals surface area contributed by atoms with Crippen molar-refractivity contribution >= 4 is 35.4 Å². The normalized spacial score (nSPS) is 12.2. The molecule has 0 aliphatic carbocycles. The van der Waals surface area contributed by atoms with Crippen LogP contribution in [0.5, 0.6) is 5.75 Å². The van der Waals surface area contributed by atoms with Gasteiger partial charge >= 0.3 is 0 Å². The maximum atomic E-state index is 6.09. The van der Waals surface area contributed by atoms with Crippen molar-refractivity contribution in [2.75, 3.05) is 0 Å². The zero-order valence-corrected chi connectivity index (χ0v) is 13.1. The summed E-state index contributed by atoms with van der Waals surface area (Å²) in [5, 5.41) is 7.94. The maximum Gasteiger partial charge on any atom is 0.195 e. The van der Waals surface area contributed by atoms with Gasteiger partial charge in [-0.15, -0.1) is 6.58 Å². The average molecular weight is 330 g/mol. The molecule has 1 aromatic carbocycles. The van der Waals surface area contributed by atoms with Crippen molar-refractivity contribution in [1.82, 2.24) is 14.8 Å². The van der Waals surface area contributed by atoms with Gasteiger partial charge in [-0.25, -0.2) is 0 Å². The Bertz CT molecular complexity index is 680. The Morgan fingerprint density at radius 3 is 2.95 bits per heavy atom. The summed E-state index contributed by atoms with van der Waals surface area (Å²) in [4.78, 5) is 0. The Hall–Kier alpha value is -1.30. The summed E-state index contributed by atoms with van der Waals surface area (Å²) in [7, 11) is 0. The molecule has 0 aliphatic heterocycles. The summed E-state index contributed by atoms with van der Waals surface area (Å²) in [5.74, 6) is 1.23. The Balaban J connectivity index is 2.26. The fourth-order valence-corrected chi connectivity index (χ4v) is 2.43. The van der Waals surface area contributed by atoms with Crippen LogP contribution in [0.1, 0.15) is 18.9 Å². The SMILES string of the molecule is C=CCn1c([C@H](C)Oc2ccc(Cl)cc2Cl)n[nH]c1=S. The smallest absolute Gasteiger partial charge is 0.195 e. The molecular formula is C13H13Cl2N3OS. The fourth-order valence-electron chi connectivity index (χ4n) is 1.76. The van der Waals surface area contributed by atoms with E-state index in [1.165, 1.54) is 0 Å². The maximum absolute atomic E-state index is 6.09. The third-order valence-electron chi connectivity index (χ3n) is 2.66. The third-order valence-corrected chi connectivity index (χ3v) is 3.50. The second-order valence-corrected chi connectivity index (χ2v) is 5.35. The quantitative estimate of drug-likeness (QED) is 0.645. The molecule has 0 fully saturated rings. The largest absolute Gasteiger partial charge is 0.481 e. The van der Waals surface area contributed by atoms with Gasteiger partial charge in [0.2, 0.25) is 0 Å². The van der Waals surface area contributed by atoms with Crippen LogP contribution in [-0.2, 0) is 6.54 Å². The van der Waals surface area contributed by atoms with Crippen LogP contribution in [0.4, 0.5) is 0 Å². The second kappa shape index (κ2) is 6.43. The van der Waals surface area contributed by atoms with Crippen molar-refractivity contribution in [2.24, 2.45) is 0 Å². The van der Waals surface area contributed by atoms with Gasteiger partial charge < -0.3 is 4.74 Å². The first kappa shape index (κ1) is 15.1. The van der Waals surface area contributed by atoms with Crippen LogP contribution in [0.2, 0.25) is 10.0 Å². The number of allylic oxidation sites excluding steroid dienone is 1. The summed E-state index contributed by atoms with van der Waals surface area (Å²) < 4.78 is 8.15. The van der Waals surface area contributed by atoms with Gasteiger partial charge in [0.15, 0.2) is 16.7 Å². The molecule has 1 aromatic heterocycles. The molecule has 0 spiro atoms. The number of rotatable bonds is 5. The zero-order chi connectivity index (χ0) is 14.7. The topological polar surface area (TPSA) is 42.8 Å². The first-order chi connectivity index (χ1) is 9.52. The fraction of sp³-hybridized carbons (Fsp3) is 0.231. The van der Waals surface area contributed by atoms with Crippen LogP contribution in [0, 0.1) is 4.77 Å². The molecule has 0 aliphatic rings. The second-order valence-electron chi connectivity index (χ2n) is 4.12. The van der Waals surface area contributed by atoms with Crippen LogP contribution in [0.25, 0.3) is 0 Å². The van der Waals surface area contributed by atoms with E-state index >= 15 is 0 Å². The van der Waals surface area contributed by atoms with Crippen LogP contribution < -0.4 is 4.74 Å².